The lowest BCUT2D eigenvalue weighted by Gasteiger charge is -2.22. The van der Waals surface area contributed by atoms with E-state index >= 15 is 0 Å². The van der Waals surface area contributed by atoms with Gasteiger partial charge >= 0.3 is 7.12 Å². The van der Waals surface area contributed by atoms with Gasteiger partial charge in [0.1, 0.15) is 11.5 Å². The van der Waals surface area contributed by atoms with Crippen LogP contribution in [0.3, 0.4) is 0 Å². The molecule has 2 nitrogen and oxygen atoms in total. The average molecular weight is 437 g/mol. The van der Waals surface area contributed by atoms with E-state index in [1.165, 1.54) is 68.1 Å². The molecule has 0 fully saturated rings. The summed E-state index contributed by atoms with van der Waals surface area (Å²) in [6, 6.07) is 13.3. The summed E-state index contributed by atoms with van der Waals surface area (Å²) in [5.41, 5.74) is 6.28. The van der Waals surface area contributed by atoms with Crippen LogP contribution in [0.25, 0.3) is 9.95 Å². The van der Waals surface area contributed by atoms with Crippen molar-refractivity contribution in [3.63, 3.8) is 0 Å². The highest BCUT2D eigenvalue weighted by Gasteiger charge is 2.44. The van der Waals surface area contributed by atoms with Crippen LogP contribution < -0.4 is 9.31 Å². The Hall–Kier alpha value is -1.68. The summed E-state index contributed by atoms with van der Waals surface area (Å²) in [4.78, 5) is 0. The average Bonchev–Trinajstić information content (AvgIpc) is 3.07. The van der Waals surface area contributed by atoms with E-state index in [0.29, 0.717) is 0 Å². The van der Waals surface area contributed by atoms with Crippen molar-refractivity contribution < 1.29 is 9.31 Å². The Balaban J connectivity index is 1.54. The third kappa shape index (κ3) is 3.52. The Morgan fingerprint density at radius 3 is 1.75 bits per heavy atom. The number of rotatable bonds is 0. The first kappa shape index (κ1) is 18.4. The molecule has 2 aliphatic heterocycles. The van der Waals surface area contributed by atoms with Crippen LogP contribution >= 0.6 is 15.9 Å². The molecule has 2 heterocycles. The molecule has 0 N–H and O–H groups in total. The molecule has 3 aliphatic rings. The maximum absolute atomic E-state index is 6.23. The first-order valence-corrected chi connectivity index (χ1v) is 11.6. The smallest absolute Gasteiger partial charge is 0.521 e. The summed E-state index contributed by atoms with van der Waals surface area (Å²) in [5, 5.41) is 0. The maximum Gasteiger partial charge on any atom is 0.634 e. The SMILES string of the molecule is BrC1=C2B3Oc4ccc(cc41)CCCCCCCCCCc1ccc(c2c1)O3. The zero-order valence-corrected chi connectivity index (χ0v) is 17.9. The van der Waals surface area contributed by atoms with Gasteiger partial charge in [0.15, 0.2) is 0 Å². The van der Waals surface area contributed by atoms with Gasteiger partial charge < -0.3 is 9.31 Å². The number of fused-ring (bicyclic) bond motifs is 2. The van der Waals surface area contributed by atoms with Gasteiger partial charge in [0.2, 0.25) is 0 Å². The van der Waals surface area contributed by atoms with Crippen molar-refractivity contribution in [1.82, 2.24) is 0 Å². The lowest BCUT2D eigenvalue weighted by molar-refractivity contribution is 0.447. The highest BCUT2D eigenvalue weighted by molar-refractivity contribution is 9.15. The topological polar surface area (TPSA) is 18.5 Å². The monoisotopic (exact) mass is 436 g/mol. The Kier molecular flexibility index (Phi) is 5.23. The molecule has 0 atom stereocenters. The van der Waals surface area contributed by atoms with Gasteiger partial charge in [-0.05, 0) is 61.1 Å². The zero-order valence-electron chi connectivity index (χ0n) is 16.3. The zero-order chi connectivity index (χ0) is 18.9. The molecule has 0 unspecified atom stereocenters. The molecule has 2 aromatic carbocycles. The Morgan fingerprint density at radius 1 is 0.643 bits per heavy atom. The van der Waals surface area contributed by atoms with Crippen molar-refractivity contribution in [3.8, 4) is 11.5 Å². The fraction of sp³-hybridized carbons (Fsp3) is 0.417. The molecular weight excluding hydrogens is 411 g/mol. The summed E-state index contributed by atoms with van der Waals surface area (Å²) >= 11 is 3.90. The Bertz CT molecular complexity index is 921. The van der Waals surface area contributed by atoms with Crippen LogP contribution in [0, 0.1) is 0 Å². The third-order valence-corrected chi connectivity index (χ3v) is 7.09. The third-order valence-electron chi connectivity index (χ3n) is 6.24. The standard InChI is InChI=1S/C24H26BBrO2/c26-24-20-16-18-10-8-6-4-2-1-3-5-7-9-17-11-13-21-19(15-17)23(24)25(27-21)28-22(20)14-12-18/h11-16H,1-10H2. The van der Waals surface area contributed by atoms with E-state index in [4.69, 9.17) is 9.31 Å². The molecule has 0 spiro atoms. The summed E-state index contributed by atoms with van der Waals surface area (Å²) in [7, 11) is -0.344. The quantitative estimate of drug-likeness (QED) is 0.414. The lowest BCUT2D eigenvalue weighted by Crippen LogP contribution is -2.30. The van der Waals surface area contributed by atoms with Crippen LogP contribution in [0.2, 0.25) is 0 Å². The number of hydrogen-bond acceptors (Lipinski definition) is 2. The van der Waals surface area contributed by atoms with Crippen LogP contribution in [0.1, 0.15) is 73.6 Å². The van der Waals surface area contributed by atoms with Gasteiger partial charge in [-0.1, -0.05) is 66.6 Å². The molecule has 5 bridgehead atoms. The summed E-state index contributed by atoms with van der Waals surface area (Å²) < 4.78 is 13.5. The normalized spacial score (nSPS) is 19.2. The van der Waals surface area contributed by atoms with Gasteiger partial charge in [-0.15, -0.1) is 0 Å². The number of halogens is 1. The van der Waals surface area contributed by atoms with Crippen LogP contribution in [-0.4, -0.2) is 7.12 Å². The lowest BCUT2D eigenvalue weighted by atomic mass is 9.73. The number of hydrogen-bond donors (Lipinski definition) is 0. The maximum atomic E-state index is 6.23. The largest absolute Gasteiger partial charge is 0.634 e. The van der Waals surface area contributed by atoms with E-state index in [1.807, 2.05) is 0 Å². The second kappa shape index (κ2) is 7.98. The molecule has 4 heteroatoms. The molecule has 0 saturated heterocycles. The second-order valence-electron chi connectivity index (χ2n) is 8.28. The van der Waals surface area contributed by atoms with Crippen molar-refractivity contribution in [2.45, 2.75) is 64.2 Å². The summed E-state index contributed by atoms with van der Waals surface area (Å²) in [5.74, 6) is 1.84. The van der Waals surface area contributed by atoms with Gasteiger partial charge in [0, 0.05) is 21.1 Å². The molecule has 28 heavy (non-hydrogen) atoms. The van der Waals surface area contributed by atoms with Gasteiger partial charge in [-0.3, -0.25) is 0 Å². The predicted octanol–water partition coefficient (Wildman–Crippen LogP) is 6.98. The molecule has 0 amide bonds. The minimum Gasteiger partial charge on any atom is -0.521 e. The van der Waals surface area contributed by atoms with Gasteiger partial charge in [-0.25, -0.2) is 0 Å². The first-order chi connectivity index (χ1) is 13.8. The van der Waals surface area contributed by atoms with Crippen LogP contribution in [0.15, 0.2) is 36.4 Å². The van der Waals surface area contributed by atoms with E-state index in [-0.39, 0.29) is 7.12 Å². The second-order valence-corrected chi connectivity index (χ2v) is 9.08. The Morgan fingerprint density at radius 2 is 1.14 bits per heavy atom. The van der Waals surface area contributed by atoms with Crippen molar-refractivity contribution in [1.29, 1.82) is 0 Å². The number of aryl methyl sites for hydroxylation is 2. The van der Waals surface area contributed by atoms with Crippen molar-refractivity contribution in [2.24, 2.45) is 0 Å². The van der Waals surface area contributed by atoms with E-state index in [9.17, 15) is 0 Å². The van der Waals surface area contributed by atoms with Crippen molar-refractivity contribution in [3.05, 3.63) is 58.7 Å². The van der Waals surface area contributed by atoms with E-state index in [2.05, 4.69) is 52.3 Å². The Labute approximate surface area is 176 Å². The predicted molar refractivity (Wildman–Crippen MR) is 120 cm³/mol. The molecule has 0 saturated carbocycles. The first-order valence-electron chi connectivity index (χ1n) is 10.8. The highest BCUT2D eigenvalue weighted by atomic mass is 79.9. The summed E-state index contributed by atoms with van der Waals surface area (Å²) in [6.07, 6.45) is 13.0. The van der Waals surface area contributed by atoms with Gasteiger partial charge in [-0.2, -0.15) is 0 Å². The van der Waals surface area contributed by atoms with E-state index in [0.717, 1.165) is 39.9 Å². The molecule has 2 aromatic rings. The van der Waals surface area contributed by atoms with E-state index < -0.39 is 0 Å². The van der Waals surface area contributed by atoms with Crippen LogP contribution in [-0.2, 0) is 12.8 Å². The van der Waals surface area contributed by atoms with Crippen molar-refractivity contribution in [2.75, 3.05) is 0 Å². The fourth-order valence-electron chi connectivity index (χ4n) is 4.64. The van der Waals surface area contributed by atoms with Crippen LogP contribution in [0.5, 0.6) is 11.5 Å². The molecule has 1 aliphatic carbocycles. The van der Waals surface area contributed by atoms with Crippen molar-refractivity contribution >= 4 is 33.0 Å². The molecular formula is C24H26BBrO2. The molecule has 0 aromatic heterocycles. The van der Waals surface area contributed by atoms with Gasteiger partial charge in [0.05, 0.1) is 0 Å². The molecule has 5 rings (SSSR count). The molecule has 0 radical (unpaired) electrons. The summed E-state index contributed by atoms with van der Waals surface area (Å²) in [6.45, 7) is 0. The van der Waals surface area contributed by atoms with Gasteiger partial charge in [0.25, 0.3) is 0 Å². The number of benzene rings is 2. The minimum atomic E-state index is -0.344. The fourth-order valence-corrected chi connectivity index (χ4v) is 5.35. The van der Waals surface area contributed by atoms with Crippen LogP contribution in [0.4, 0.5) is 0 Å². The van der Waals surface area contributed by atoms with E-state index in [1.54, 1.807) is 0 Å². The minimum absolute atomic E-state index is 0.344. The highest BCUT2D eigenvalue weighted by Crippen LogP contribution is 2.48. The molecule has 144 valence electrons.